The Morgan fingerprint density at radius 3 is 1.84 bits per heavy atom. The lowest BCUT2D eigenvalue weighted by Crippen LogP contribution is -2.52. The number of nitrogens with zero attached hydrogens (tertiary/aromatic N) is 1. The molecule has 1 aliphatic heterocycles. The number of benzene rings is 2. The van der Waals surface area contributed by atoms with Gasteiger partial charge >= 0.3 is 11.9 Å². The number of anilines is 1. The van der Waals surface area contributed by atoms with Gasteiger partial charge < -0.3 is 9.47 Å². The molecule has 9 heteroatoms. The van der Waals surface area contributed by atoms with Crippen LogP contribution in [0.3, 0.4) is 0 Å². The van der Waals surface area contributed by atoms with Crippen molar-refractivity contribution in [2.24, 2.45) is 11.3 Å². The van der Waals surface area contributed by atoms with Gasteiger partial charge in [0, 0.05) is 27.1 Å². The topological polar surface area (TPSA) is 96.8 Å². The highest BCUT2D eigenvalue weighted by Gasteiger charge is 2.51. The van der Waals surface area contributed by atoms with Gasteiger partial charge in [-0.25, -0.2) is 9.59 Å². The molecule has 3 rings (SSSR count). The molecular weight excluding hydrogens is 515 g/mol. The average Bonchev–Trinajstić information content (AvgIpc) is 2.83. The molecule has 0 aliphatic carbocycles. The molecule has 0 bridgehead atoms. The van der Waals surface area contributed by atoms with E-state index in [-0.39, 0.29) is 36.1 Å². The third kappa shape index (κ3) is 5.89. The van der Waals surface area contributed by atoms with Crippen LogP contribution in [0.15, 0.2) is 59.8 Å². The molecule has 196 valence electrons. The first-order valence-electron chi connectivity index (χ1n) is 11.9. The Kier molecular flexibility index (Phi) is 8.82. The zero-order valence-electron chi connectivity index (χ0n) is 21.4. The van der Waals surface area contributed by atoms with Crippen molar-refractivity contribution in [3.63, 3.8) is 0 Å². The number of rotatable bonds is 7. The quantitative estimate of drug-likeness (QED) is 0.417. The summed E-state index contributed by atoms with van der Waals surface area (Å²) in [4.78, 5) is 42.3. The van der Waals surface area contributed by atoms with Crippen LogP contribution in [-0.4, -0.2) is 36.8 Å². The summed E-state index contributed by atoms with van der Waals surface area (Å²) in [5.41, 5.74) is -0.186. The van der Waals surface area contributed by atoms with Gasteiger partial charge in [-0.2, -0.15) is 0 Å². The molecule has 0 fully saturated rings. The third-order valence-electron chi connectivity index (χ3n) is 5.96. The van der Waals surface area contributed by atoms with Gasteiger partial charge in [-0.3, -0.25) is 15.1 Å². The minimum Gasteiger partial charge on any atom is -0.463 e. The van der Waals surface area contributed by atoms with E-state index in [1.54, 1.807) is 83.1 Å². The molecule has 0 radical (unpaired) electrons. The zero-order valence-corrected chi connectivity index (χ0v) is 22.9. The molecular formula is C28H30Cl2N2O5. The molecule has 1 aliphatic rings. The smallest absolute Gasteiger partial charge is 0.355 e. The second kappa shape index (κ2) is 11.5. The van der Waals surface area contributed by atoms with Gasteiger partial charge in [0.05, 0.1) is 24.7 Å². The largest absolute Gasteiger partial charge is 0.463 e. The summed E-state index contributed by atoms with van der Waals surface area (Å²) < 4.78 is 10.8. The van der Waals surface area contributed by atoms with E-state index in [0.29, 0.717) is 21.3 Å². The molecule has 2 aromatic rings. The number of hydrogen-bond acceptors (Lipinski definition) is 6. The van der Waals surface area contributed by atoms with Gasteiger partial charge in [0.15, 0.2) is 0 Å². The molecule has 7 nitrogen and oxygen atoms in total. The fourth-order valence-corrected chi connectivity index (χ4v) is 4.57. The fourth-order valence-electron chi connectivity index (χ4n) is 4.31. The SMILES string of the molecule is CCOC(=O)C1=C(C(=O)OCC)N(c2ccc(Cl)cc2)C(=N)[C@H](C(=O)C(C)(C)C)[C@H]1c1ccc(Cl)cc1. The maximum Gasteiger partial charge on any atom is 0.355 e. The Morgan fingerprint density at radius 1 is 0.865 bits per heavy atom. The van der Waals surface area contributed by atoms with Crippen molar-refractivity contribution in [1.29, 1.82) is 5.41 Å². The zero-order chi connectivity index (χ0) is 27.5. The van der Waals surface area contributed by atoms with Gasteiger partial charge in [-0.1, -0.05) is 56.1 Å². The molecule has 0 saturated heterocycles. The second-order valence-electron chi connectivity index (χ2n) is 9.52. The first-order chi connectivity index (χ1) is 17.4. The van der Waals surface area contributed by atoms with Crippen LogP contribution in [0.25, 0.3) is 0 Å². The van der Waals surface area contributed by atoms with Gasteiger partial charge in [0.1, 0.15) is 17.3 Å². The Bertz CT molecular complexity index is 1230. The lowest BCUT2D eigenvalue weighted by atomic mass is 9.68. The van der Waals surface area contributed by atoms with E-state index >= 15 is 0 Å². The van der Waals surface area contributed by atoms with E-state index in [4.69, 9.17) is 32.7 Å². The predicted octanol–water partition coefficient (Wildman–Crippen LogP) is 6.19. The summed E-state index contributed by atoms with van der Waals surface area (Å²) in [5, 5.41) is 10.2. The Balaban J connectivity index is 2.46. The van der Waals surface area contributed by atoms with Crippen LogP contribution in [0, 0.1) is 16.7 Å². The molecule has 1 N–H and O–H groups in total. The molecule has 2 aromatic carbocycles. The van der Waals surface area contributed by atoms with Crippen molar-refractivity contribution in [2.75, 3.05) is 18.1 Å². The summed E-state index contributed by atoms with van der Waals surface area (Å²) in [6.07, 6.45) is 0. The number of amidine groups is 1. The molecule has 0 spiro atoms. The van der Waals surface area contributed by atoms with Crippen LogP contribution in [0.4, 0.5) is 5.69 Å². The first kappa shape index (κ1) is 28.4. The predicted molar refractivity (Wildman–Crippen MR) is 144 cm³/mol. The van der Waals surface area contributed by atoms with E-state index < -0.39 is 29.2 Å². The number of Topliss-reactive ketones (excluding diaryl/α,β-unsaturated/α-hetero) is 1. The number of nitrogens with one attached hydrogen (secondary N) is 1. The van der Waals surface area contributed by atoms with Gasteiger partial charge in [-0.05, 0) is 55.8 Å². The molecule has 0 unspecified atom stereocenters. The third-order valence-corrected chi connectivity index (χ3v) is 6.46. The fraction of sp³-hybridized carbons (Fsp3) is 0.357. The normalized spacial score (nSPS) is 18.0. The maximum absolute atomic E-state index is 13.9. The van der Waals surface area contributed by atoms with Crippen LogP contribution in [0.2, 0.25) is 10.0 Å². The van der Waals surface area contributed by atoms with Crippen LogP contribution in [0.5, 0.6) is 0 Å². The molecule has 37 heavy (non-hydrogen) atoms. The summed E-state index contributed by atoms with van der Waals surface area (Å²) >= 11 is 12.2. The van der Waals surface area contributed by atoms with Crippen molar-refractivity contribution in [1.82, 2.24) is 0 Å². The van der Waals surface area contributed by atoms with Gasteiger partial charge in [0.2, 0.25) is 0 Å². The first-order valence-corrected chi connectivity index (χ1v) is 12.7. The second-order valence-corrected chi connectivity index (χ2v) is 10.4. The number of carbonyl (C=O) groups is 3. The van der Waals surface area contributed by atoms with Crippen molar-refractivity contribution in [3.05, 3.63) is 75.4 Å². The number of carbonyl (C=O) groups excluding carboxylic acids is 3. The van der Waals surface area contributed by atoms with E-state index in [9.17, 15) is 19.8 Å². The highest BCUT2D eigenvalue weighted by Crippen LogP contribution is 2.46. The monoisotopic (exact) mass is 544 g/mol. The Hall–Kier alpha value is -3.16. The molecule has 0 saturated carbocycles. The highest BCUT2D eigenvalue weighted by molar-refractivity contribution is 6.31. The van der Waals surface area contributed by atoms with Crippen LogP contribution >= 0.6 is 23.2 Å². The van der Waals surface area contributed by atoms with Crippen molar-refractivity contribution >= 4 is 52.4 Å². The van der Waals surface area contributed by atoms with Crippen molar-refractivity contribution in [3.8, 4) is 0 Å². The van der Waals surface area contributed by atoms with E-state index in [2.05, 4.69) is 0 Å². The molecule has 0 amide bonds. The Labute approximate surface area is 226 Å². The highest BCUT2D eigenvalue weighted by atomic mass is 35.5. The minimum absolute atomic E-state index is 0.0379. The summed E-state index contributed by atoms with van der Waals surface area (Å²) in [6.45, 7) is 8.64. The number of ether oxygens (including phenoxy) is 2. The van der Waals surface area contributed by atoms with E-state index in [1.807, 2.05) is 0 Å². The van der Waals surface area contributed by atoms with Crippen LogP contribution in [0.1, 0.15) is 46.1 Å². The standard InChI is InChI=1S/C28H30Cl2N2O5/c1-6-36-26(34)21-20(16-8-10-17(29)11-9-16)22(24(33)28(3,4)5)25(31)32(23(21)27(35)37-7-2)19-14-12-18(30)13-15-19/h8-15,20,22,31H,6-7H2,1-5H3/t20-,22-/m0/s1. The van der Waals surface area contributed by atoms with E-state index in [0.717, 1.165) is 0 Å². The lowest BCUT2D eigenvalue weighted by molar-refractivity contribution is -0.142. The molecule has 0 aromatic heterocycles. The number of halogens is 2. The van der Waals surface area contributed by atoms with Crippen molar-refractivity contribution in [2.45, 2.75) is 40.5 Å². The molecule has 1 heterocycles. The average molecular weight is 545 g/mol. The molecule has 2 atom stereocenters. The van der Waals surface area contributed by atoms with E-state index in [1.165, 1.54) is 4.90 Å². The van der Waals surface area contributed by atoms with Crippen molar-refractivity contribution < 1.29 is 23.9 Å². The number of esters is 2. The summed E-state index contributed by atoms with van der Waals surface area (Å²) in [6, 6.07) is 13.1. The van der Waals surface area contributed by atoms with Gasteiger partial charge in [0.25, 0.3) is 0 Å². The summed E-state index contributed by atoms with van der Waals surface area (Å²) in [7, 11) is 0. The van der Waals surface area contributed by atoms with Crippen LogP contribution in [-0.2, 0) is 23.9 Å². The number of hydrogen-bond donors (Lipinski definition) is 1. The van der Waals surface area contributed by atoms with Gasteiger partial charge in [-0.15, -0.1) is 0 Å². The Morgan fingerprint density at radius 2 is 1.35 bits per heavy atom. The minimum atomic E-state index is -1.12. The maximum atomic E-state index is 13.9. The van der Waals surface area contributed by atoms with Crippen LogP contribution < -0.4 is 4.90 Å². The lowest BCUT2D eigenvalue weighted by Gasteiger charge is -2.42. The number of ketones is 1. The summed E-state index contributed by atoms with van der Waals surface area (Å²) in [5.74, 6) is -4.14.